The molecule has 10 nitrogen and oxygen atoms in total. The lowest BCUT2D eigenvalue weighted by Crippen LogP contribution is -2.29. The smallest absolute Gasteiger partial charge is 0.329 e. The highest BCUT2D eigenvalue weighted by Crippen LogP contribution is 2.18. The number of imidazole rings is 1. The van der Waals surface area contributed by atoms with Gasteiger partial charge in [-0.2, -0.15) is 10.1 Å². The van der Waals surface area contributed by atoms with Crippen molar-refractivity contribution < 1.29 is 10.2 Å². The number of benzene rings is 1. The van der Waals surface area contributed by atoms with Crippen LogP contribution in [0.2, 0.25) is 0 Å². The number of aromatic hydroxyl groups is 1. The molecule has 0 aliphatic carbocycles. The molecular weight excluding hydrogens is 340 g/mol. The van der Waals surface area contributed by atoms with E-state index in [1.165, 1.54) is 16.2 Å². The van der Waals surface area contributed by atoms with Gasteiger partial charge in [0.05, 0.1) is 12.3 Å². The van der Waals surface area contributed by atoms with Crippen molar-refractivity contribution in [1.29, 1.82) is 0 Å². The minimum absolute atomic E-state index is 0.0817. The Morgan fingerprint density at radius 2 is 2.08 bits per heavy atom. The zero-order valence-corrected chi connectivity index (χ0v) is 14.2. The number of nitrogens with zero attached hydrogens (tertiary/aromatic N) is 4. The Kier molecular flexibility index (Phi) is 4.59. The third kappa shape index (κ3) is 2.97. The van der Waals surface area contributed by atoms with Gasteiger partial charge in [0, 0.05) is 19.2 Å². The van der Waals surface area contributed by atoms with Gasteiger partial charge < -0.3 is 14.8 Å². The predicted octanol–water partition coefficient (Wildman–Crippen LogP) is -0.0427. The maximum Gasteiger partial charge on any atom is 0.329 e. The predicted molar refractivity (Wildman–Crippen MR) is 96.6 cm³/mol. The Morgan fingerprint density at radius 3 is 2.77 bits per heavy atom. The average Bonchev–Trinajstić information content (AvgIpc) is 2.97. The summed E-state index contributed by atoms with van der Waals surface area (Å²) in [4.78, 5) is 30.4. The number of aromatic nitrogens is 4. The van der Waals surface area contributed by atoms with Crippen molar-refractivity contribution >= 4 is 22.8 Å². The number of hydrazone groups is 1. The number of aryl methyl sites for hydroxylation is 1. The summed E-state index contributed by atoms with van der Waals surface area (Å²) >= 11 is 0. The van der Waals surface area contributed by atoms with Gasteiger partial charge in [-0.05, 0) is 19.1 Å². The van der Waals surface area contributed by atoms with E-state index in [4.69, 9.17) is 0 Å². The SMILES string of the molecule is C/C(=N\Nc1nc2c(c(=O)[nH]c(=O)n2C)n1CCO)c1ccccc1O. The number of fused-ring (bicyclic) bond motifs is 1. The van der Waals surface area contributed by atoms with E-state index >= 15 is 0 Å². The monoisotopic (exact) mass is 358 g/mol. The summed E-state index contributed by atoms with van der Waals surface area (Å²) in [6.07, 6.45) is 0. The van der Waals surface area contributed by atoms with Gasteiger partial charge in [-0.15, -0.1) is 0 Å². The molecule has 1 aromatic carbocycles. The molecule has 2 aromatic heterocycles. The molecule has 0 fully saturated rings. The van der Waals surface area contributed by atoms with E-state index in [9.17, 15) is 19.8 Å². The Balaban J connectivity index is 2.09. The molecule has 2 heterocycles. The van der Waals surface area contributed by atoms with Gasteiger partial charge in [-0.25, -0.2) is 10.2 Å². The van der Waals surface area contributed by atoms with Crippen LogP contribution in [0.5, 0.6) is 5.75 Å². The molecule has 136 valence electrons. The van der Waals surface area contributed by atoms with E-state index in [0.29, 0.717) is 11.3 Å². The number of hydrogen-bond donors (Lipinski definition) is 4. The van der Waals surface area contributed by atoms with E-state index < -0.39 is 11.2 Å². The maximum absolute atomic E-state index is 12.2. The number of aliphatic hydroxyl groups is 1. The van der Waals surface area contributed by atoms with Gasteiger partial charge in [0.1, 0.15) is 5.75 Å². The number of phenols is 1. The van der Waals surface area contributed by atoms with Crippen molar-refractivity contribution in [2.75, 3.05) is 12.0 Å². The third-order valence-corrected chi connectivity index (χ3v) is 3.95. The molecule has 0 spiro atoms. The number of rotatable bonds is 5. The van der Waals surface area contributed by atoms with Crippen molar-refractivity contribution in [3.63, 3.8) is 0 Å². The van der Waals surface area contributed by atoms with E-state index in [-0.39, 0.29) is 36.0 Å². The lowest BCUT2D eigenvalue weighted by Gasteiger charge is -2.07. The molecule has 4 N–H and O–H groups in total. The van der Waals surface area contributed by atoms with Crippen LogP contribution < -0.4 is 16.7 Å². The molecule has 0 aliphatic heterocycles. The molecule has 0 aliphatic rings. The summed E-state index contributed by atoms with van der Waals surface area (Å²) in [5.74, 6) is 0.272. The number of phenolic OH excluding ortho intramolecular Hbond substituents is 1. The van der Waals surface area contributed by atoms with Gasteiger partial charge >= 0.3 is 5.69 Å². The fourth-order valence-corrected chi connectivity index (χ4v) is 2.61. The fraction of sp³-hybridized carbons (Fsp3) is 0.250. The molecule has 0 amide bonds. The quantitative estimate of drug-likeness (QED) is 0.373. The number of nitrogens with one attached hydrogen (secondary N) is 2. The van der Waals surface area contributed by atoms with Gasteiger partial charge in [0.15, 0.2) is 11.2 Å². The van der Waals surface area contributed by atoms with Crippen LogP contribution >= 0.6 is 0 Å². The van der Waals surface area contributed by atoms with Crippen molar-refractivity contribution in [3.05, 3.63) is 50.7 Å². The fourth-order valence-electron chi connectivity index (χ4n) is 2.61. The van der Waals surface area contributed by atoms with Crippen molar-refractivity contribution in [2.45, 2.75) is 13.5 Å². The summed E-state index contributed by atoms with van der Waals surface area (Å²) < 4.78 is 2.64. The highest BCUT2D eigenvalue weighted by Gasteiger charge is 2.17. The molecular formula is C16H18N6O4. The van der Waals surface area contributed by atoms with E-state index in [2.05, 4.69) is 20.5 Å². The highest BCUT2D eigenvalue weighted by atomic mass is 16.3. The van der Waals surface area contributed by atoms with Gasteiger partial charge in [0.2, 0.25) is 5.95 Å². The minimum atomic E-state index is -0.599. The molecule has 0 radical (unpaired) electrons. The molecule has 0 saturated heterocycles. The van der Waals surface area contributed by atoms with Crippen LogP contribution in [0, 0.1) is 0 Å². The second-order valence-corrected chi connectivity index (χ2v) is 5.63. The van der Waals surface area contributed by atoms with Crippen LogP contribution in [0.15, 0.2) is 39.0 Å². The number of aliphatic hydroxyl groups excluding tert-OH is 1. The van der Waals surface area contributed by atoms with Crippen molar-refractivity contribution in [2.24, 2.45) is 12.1 Å². The Bertz CT molecular complexity index is 1110. The van der Waals surface area contributed by atoms with Crippen LogP contribution in [0.1, 0.15) is 12.5 Å². The molecule has 3 aromatic rings. The standard InChI is InChI=1S/C16H18N6O4/c1-9(10-5-3-4-6-11(10)24)19-20-15-17-13-12(22(15)7-8-23)14(25)18-16(26)21(13)2/h3-6,23-24H,7-8H2,1-2H3,(H,17,20)(H,18,25,26)/b19-9+. The van der Waals surface area contributed by atoms with Crippen LogP contribution in [-0.2, 0) is 13.6 Å². The van der Waals surface area contributed by atoms with Crippen LogP contribution in [0.4, 0.5) is 5.95 Å². The molecule has 3 rings (SSSR count). The average molecular weight is 358 g/mol. The van der Waals surface area contributed by atoms with Crippen molar-refractivity contribution in [1.82, 2.24) is 19.1 Å². The number of para-hydroxylation sites is 1. The van der Waals surface area contributed by atoms with Crippen LogP contribution in [0.25, 0.3) is 11.2 Å². The number of H-pyrrole nitrogens is 1. The first-order chi connectivity index (χ1) is 12.4. The second kappa shape index (κ2) is 6.84. The number of aromatic amines is 1. The van der Waals surface area contributed by atoms with Gasteiger partial charge in [-0.1, -0.05) is 12.1 Å². The highest BCUT2D eigenvalue weighted by molar-refractivity contribution is 6.01. The molecule has 0 bridgehead atoms. The molecule has 0 atom stereocenters. The lowest BCUT2D eigenvalue weighted by atomic mass is 10.1. The summed E-state index contributed by atoms with van der Waals surface area (Å²) in [6.45, 7) is 1.56. The molecule has 26 heavy (non-hydrogen) atoms. The lowest BCUT2D eigenvalue weighted by molar-refractivity contribution is 0.278. The maximum atomic E-state index is 12.2. The molecule has 10 heteroatoms. The first kappa shape index (κ1) is 17.4. The number of hydrogen-bond acceptors (Lipinski definition) is 7. The minimum Gasteiger partial charge on any atom is -0.507 e. The zero-order chi connectivity index (χ0) is 18.8. The summed E-state index contributed by atoms with van der Waals surface area (Å²) in [7, 11) is 1.48. The first-order valence-electron chi connectivity index (χ1n) is 7.83. The molecule has 0 saturated carbocycles. The largest absolute Gasteiger partial charge is 0.507 e. The molecule has 0 unspecified atom stereocenters. The zero-order valence-electron chi connectivity index (χ0n) is 14.2. The summed E-state index contributed by atoms with van der Waals surface area (Å²) in [6, 6.07) is 6.73. The van der Waals surface area contributed by atoms with Crippen LogP contribution in [-0.4, -0.2) is 41.6 Å². The van der Waals surface area contributed by atoms with Crippen molar-refractivity contribution in [3.8, 4) is 5.75 Å². The summed E-state index contributed by atoms with van der Waals surface area (Å²) in [5, 5.41) is 23.4. The Labute approximate surface area is 147 Å². The first-order valence-corrected chi connectivity index (χ1v) is 7.83. The second-order valence-electron chi connectivity index (χ2n) is 5.63. The topological polar surface area (TPSA) is 138 Å². The van der Waals surface area contributed by atoms with Gasteiger partial charge in [0.25, 0.3) is 5.56 Å². The number of anilines is 1. The van der Waals surface area contributed by atoms with Crippen LogP contribution in [0.3, 0.4) is 0 Å². The van der Waals surface area contributed by atoms with E-state index in [0.717, 1.165) is 0 Å². The third-order valence-electron chi connectivity index (χ3n) is 3.95. The Morgan fingerprint density at radius 1 is 1.35 bits per heavy atom. The van der Waals surface area contributed by atoms with Gasteiger partial charge in [-0.3, -0.25) is 14.3 Å². The summed E-state index contributed by atoms with van der Waals surface area (Å²) in [5.41, 5.74) is 2.91. The van der Waals surface area contributed by atoms with E-state index in [1.54, 1.807) is 31.2 Å². The normalized spacial score (nSPS) is 11.9. The Hall–Kier alpha value is -3.40. The van der Waals surface area contributed by atoms with E-state index in [1.807, 2.05) is 0 Å².